The lowest BCUT2D eigenvalue weighted by molar-refractivity contribution is -0.379. The standard InChI is InChI=1S/C76H143NO18/c1-3-5-7-9-11-13-15-17-19-21-23-25-27-28-29-30-32-34-36-38-40-42-44-46-48-50-52-54-64(82)77-59(60(81)53-51-49-47-45-43-41-39-37-35-33-31-26-24-22-20-18-16-14-12-10-8-6-4-2)58-90-74-70(88)67(85)72(62(56-79)92-74)95-76-71(89)68(86)73(63(57-80)93-76)94-75-69(87)66(84)65(83)61(55-78)91-75/h21,23,51,53,59-63,65-76,78-81,83-89H,3-20,22,24-50,52,54-58H2,1-2H3,(H,77,82)/b23-21-,53-51+. The van der Waals surface area contributed by atoms with Crippen LogP contribution in [0.1, 0.15) is 322 Å². The van der Waals surface area contributed by atoms with E-state index in [4.69, 9.17) is 28.4 Å². The molecule has 0 aromatic rings. The van der Waals surface area contributed by atoms with Crippen molar-refractivity contribution in [2.45, 2.75) is 426 Å². The van der Waals surface area contributed by atoms with Crippen LogP contribution in [-0.2, 0) is 33.2 Å². The first kappa shape index (κ1) is 87.5. The van der Waals surface area contributed by atoms with Gasteiger partial charge >= 0.3 is 0 Å². The molecule has 12 N–H and O–H groups in total. The molecule has 3 heterocycles. The molecule has 3 saturated heterocycles. The summed E-state index contributed by atoms with van der Waals surface area (Å²) in [5, 5.41) is 121. The Balaban J connectivity index is 1.39. The molecule has 3 rings (SSSR count). The van der Waals surface area contributed by atoms with Crippen molar-refractivity contribution in [1.82, 2.24) is 5.32 Å². The van der Waals surface area contributed by atoms with Crippen LogP contribution in [0.15, 0.2) is 24.3 Å². The fourth-order valence-corrected chi connectivity index (χ4v) is 13.4. The lowest BCUT2D eigenvalue weighted by Gasteiger charge is -2.48. The van der Waals surface area contributed by atoms with Crippen molar-refractivity contribution in [3.05, 3.63) is 24.3 Å². The zero-order valence-corrected chi connectivity index (χ0v) is 59.7. The molecular formula is C76H143NO18. The van der Waals surface area contributed by atoms with Crippen molar-refractivity contribution in [2.75, 3.05) is 26.4 Å². The Morgan fingerprint density at radius 1 is 0.368 bits per heavy atom. The minimum atomic E-state index is -1.98. The van der Waals surface area contributed by atoms with Crippen LogP contribution in [0.3, 0.4) is 0 Å². The van der Waals surface area contributed by atoms with Crippen LogP contribution in [0.25, 0.3) is 0 Å². The van der Waals surface area contributed by atoms with E-state index in [-0.39, 0.29) is 18.9 Å². The maximum atomic E-state index is 13.5. The van der Waals surface area contributed by atoms with Crippen molar-refractivity contribution in [2.24, 2.45) is 0 Å². The fourth-order valence-electron chi connectivity index (χ4n) is 13.4. The van der Waals surface area contributed by atoms with Crippen LogP contribution in [0.4, 0.5) is 0 Å². The van der Waals surface area contributed by atoms with Crippen molar-refractivity contribution >= 4 is 5.91 Å². The molecule has 0 bridgehead atoms. The van der Waals surface area contributed by atoms with Gasteiger partial charge in [-0.2, -0.15) is 0 Å². The van der Waals surface area contributed by atoms with E-state index in [0.717, 1.165) is 44.9 Å². The van der Waals surface area contributed by atoms with Gasteiger partial charge < -0.3 is 89.9 Å². The summed E-state index contributed by atoms with van der Waals surface area (Å²) >= 11 is 0. The summed E-state index contributed by atoms with van der Waals surface area (Å²) in [5.41, 5.74) is 0. The van der Waals surface area contributed by atoms with Gasteiger partial charge in [0, 0.05) is 6.42 Å². The summed E-state index contributed by atoms with van der Waals surface area (Å²) in [5.74, 6) is -0.269. The predicted molar refractivity (Wildman–Crippen MR) is 374 cm³/mol. The molecule has 3 fully saturated rings. The number of allylic oxidation sites excluding steroid dienone is 3. The van der Waals surface area contributed by atoms with Gasteiger partial charge in [-0.3, -0.25) is 4.79 Å². The van der Waals surface area contributed by atoms with Crippen LogP contribution in [0.5, 0.6) is 0 Å². The Morgan fingerprint density at radius 3 is 1.02 bits per heavy atom. The lowest BCUT2D eigenvalue weighted by Crippen LogP contribution is -2.66. The molecule has 0 aromatic heterocycles. The third-order valence-corrected chi connectivity index (χ3v) is 19.7. The number of carbonyl (C=O) groups excluding carboxylic acids is 1. The molecule has 0 aromatic carbocycles. The summed E-state index contributed by atoms with van der Waals surface area (Å²) < 4.78 is 34.4. The Hall–Kier alpha value is -1.73. The summed E-state index contributed by atoms with van der Waals surface area (Å²) in [6, 6.07) is -0.972. The quantitative estimate of drug-likeness (QED) is 0.0199. The van der Waals surface area contributed by atoms with E-state index in [1.165, 1.54) is 250 Å². The molecule has 17 unspecified atom stereocenters. The summed E-state index contributed by atoms with van der Waals surface area (Å²) in [6.07, 6.45) is 41.6. The number of hydrogen-bond acceptors (Lipinski definition) is 18. The van der Waals surface area contributed by atoms with E-state index in [1.54, 1.807) is 6.08 Å². The molecule has 0 saturated carbocycles. The topological polar surface area (TPSA) is 307 Å². The number of aliphatic hydroxyl groups excluding tert-OH is 11. The van der Waals surface area contributed by atoms with Crippen LogP contribution in [-0.4, -0.2) is 193 Å². The van der Waals surface area contributed by atoms with E-state index < -0.39 is 124 Å². The van der Waals surface area contributed by atoms with Crippen LogP contribution >= 0.6 is 0 Å². The molecule has 95 heavy (non-hydrogen) atoms. The Kier molecular flexibility index (Phi) is 53.3. The number of amides is 1. The highest BCUT2D eigenvalue weighted by Crippen LogP contribution is 2.33. The second kappa shape index (κ2) is 57.8. The number of hydrogen-bond donors (Lipinski definition) is 12. The third-order valence-electron chi connectivity index (χ3n) is 19.7. The number of ether oxygens (including phenoxy) is 6. The molecule has 0 aliphatic carbocycles. The van der Waals surface area contributed by atoms with E-state index in [2.05, 4.69) is 31.3 Å². The van der Waals surface area contributed by atoms with E-state index in [1.807, 2.05) is 6.08 Å². The van der Waals surface area contributed by atoms with Crippen molar-refractivity contribution in [3.8, 4) is 0 Å². The van der Waals surface area contributed by atoms with E-state index in [9.17, 15) is 61.0 Å². The van der Waals surface area contributed by atoms with E-state index in [0.29, 0.717) is 6.42 Å². The average molecular weight is 1360 g/mol. The molecule has 1 amide bonds. The predicted octanol–water partition coefficient (Wildman–Crippen LogP) is 12.2. The van der Waals surface area contributed by atoms with Gasteiger partial charge in [-0.15, -0.1) is 0 Å². The Labute approximate surface area is 575 Å². The number of unbranched alkanes of at least 4 members (excludes halogenated alkanes) is 44. The highest BCUT2D eigenvalue weighted by Gasteiger charge is 2.53. The molecule has 19 nitrogen and oxygen atoms in total. The molecule has 0 spiro atoms. The van der Waals surface area contributed by atoms with Gasteiger partial charge in [-0.05, 0) is 44.9 Å². The normalized spacial score (nSPS) is 27.3. The maximum absolute atomic E-state index is 13.5. The van der Waals surface area contributed by atoms with Gasteiger partial charge in [0.05, 0.1) is 38.6 Å². The average Bonchev–Trinajstić information content (AvgIpc) is 0.787. The number of rotatable bonds is 62. The van der Waals surface area contributed by atoms with Crippen molar-refractivity contribution in [3.63, 3.8) is 0 Å². The minimum Gasteiger partial charge on any atom is -0.394 e. The SMILES string of the molecule is CCCCCCCCCC/C=C\CCCCCCCCCCCCCCCCCC(=O)NC(COC1OC(CO)C(OC2OC(CO)C(OC3OC(CO)C(O)C(O)C3O)C(O)C2O)C(O)C1O)C(O)/C=C/CCCCCCCCCCCCCCCCCCCCCCC. The second-order valence-corrected chi connectivity index (χ2v) is 28.2. The number of aliphatic hydroxyl groups is 11. The highest BCUT2D eigenvalue weighted by atomic mass is 16.8. The Bertz CT molecular complexity index is 1810. The first-order valence-corrected chi connectivity index (χ1v) is 39.1. The summed E-state index contributed by atoms with van der Waals surface area (Å²) in [6.45, 7) is 1.79. The van der Waals surface area contributed by atoms with Crippen LogP contribution in [0, 0.1) is 0 Å². The smallest absolute Gasteiger partial charge is 0.220 e. The molecule has 17 atom stereocenters. The molecular weight excluding hydrogens is 1210 g/mol. The van der Waals surface area contributed by atoms with Gasteiger partial charge in [0.1, 0.15) is 73.2 Å². The minimum absolute atomic E-state index is 0.247. The monoisotopic (exact) mass is 1360 g/mol. The van der Waals surface area contributed by atoms with Gasteiger partial charge in [0.25, 0.3) is 0 Å². The summed E-state index contributed by atoms with van der Waals surface area (Å²) in [7, 11) is 0. The van der Waals surface area contributed by atoms with Gasteiger partial charge in [-0.1, -0.05) is 295 Å². The van der Waals surface area contributed by atoms with Gasteiger partial charge in [-0.25, -0.2) is 0 Å². The van der Waals surface area contributed by atoms with Crippen molar-refractivity contribution < 1.29 is 89.4 Å². The first-order chi connectivity index (χ1) is 46.3. The zero-order valence-electron chi connectivity index (χ0n) is 59.7. The van der Waals surface area contributed by atoms with Crippen LogP contribution < -0.4 is 5.32 Å². The third kappa shape index (κ3) is 38.8. The zero-order chi connectivity index (χ0) is 68.9. The Morgan fingerprint density at radius 2 is 0.663 bits per heavy atom. The van der Waals surface area contributed by atoms with Gasteiger partial charge in [0.2, 0.25) is 5.91 Å². The van der Waals surface area contributed by atoms with Crippen molar-refractivity contribution in [1.29, 1.82) is 0 Å². The maximum Gasteiger partial charge on any atom is 0.220 e. The highest BCUT2D eigenvalue weighted by molar-refractivity contribution is 5.76. The molecule has 3 aliphatic rings. The molecule has 3 aliphatic heterocycles. The molecule has 560 valence electrons. The van der Waals surface area contributed by atoms with Gasteiger partial charge in [0.15, 0.2) is 18.9 Å². The van der Waals surface area contributed by atoms with Crippen LogP contribution in [0.2, 0.25) is 0 Å². The number of carbonyl (C=O) groups is 1. The lowest BCUT2D eigenvalue weighted by atomic mass is 9.96. The second-order valence-electron chi connectivity index (χ2n) is 28.2. The fraction of sp³-hybridized carbons (Fsp3) is 0.934. The number of nitrogens with one attached hydrogen (secondary N) is 1. The largest absolute Gasteiger partial charge is 0.394 e. The molecule has 0 radical (unpaired) electrons. The first-order valence-electron chi connectivity index (χ1n) is 39.1. The molecule has 19 heteroatoms. The van der Waals surface area contributed by atoms with E-state index >= 15 is 0 Å². The summed E-state index contributed by atoms with van der Waals surface area (Å²) in [4.78, 5) is 13.5.